The molecule has 0 spiro atoms. The van der Waals surface area contributed by atoms with E-state index in [2.05, 4.69) is 5.32 Å². The number of carbonyl (C=O) groups is 1. The average Bonchev–Trinajstić information content (AvgIpc) is 2.80. The molecule has 1 aliphatic rings. The second-order valence-electron chi connectivity index (χ2n) is 4.58. The Bertz CT molecular complexity index is 481. The fourth-order valence-electron chi connectivity index (χ4n) is 2.37. The molecular formula is C13H15Cl2NO3. The zero-order valence-corrected chi connectivity index (χ0v) is 11.9. The van der Waals surface area contributed by atoms with Crippen LogP contribution in [0.5, 0.6) is 0 Å². The lowest BCUT2D eigenvalue weighted by Gasteiger charge is -2.22. The van der Waals surface area contributed by atoms with Crippen LogP contribution in [0.1, 0.15) is 17.9 Å². The van der Waals surface area contributed by atoms with Crippen LogP contribution in [0, 0.1) is 0 Å². The minimum atomic E-state index is -0.503. The number of ether oxygens (including phenoxy) is 1. The topological polar surface area (TPSA) is 58.6 Å². The van der Waals surface area contributed by atoms with E-state index < -0.39 is 12.0 Å². The van der Waals surface area contributed by atoms with Crippen LogP contribution < -0.4 is 5.32 Å². The van der Waals surface area contributed by atoms with E-state index in [-0.39, 0.29) is 12.0 Å². The number of β-amino-alcohol motifs (C(OH)–C–C–N with tert-alkyl or cyclic N) is 1. The van der Waals surface area contributed by atoms with Crippen molar-refractivity contribution in [3.63, 3.8) is 0 Å². The fraction of sp³-hybridized carbons (Fsp3) is 0.462. The number of hydrogen-bond donors (Lipinski definition) is 2. The number of halogens is 2. The lowest BCUT2D eigenvalue weighted by atomic mass is 9.90. The predicted molar refractivity (Wildman–Crippen MR) is 73.6 cm³/mol. The summed E-state index contributed by atoms with van der Waals surface area (Å²) in [7, 11) is 1.35. The van der Waals surface area contributed by atoms with Crippen molar-refractivity contribution in [2.45, 2.75) is 24.5 Å². The first-order valence-electron chi connectivity index (χ1n) is 5.97. The standard InChI is InChI=1S/C13H15Cl2NO3/c1-19-13(18)12(11-5-8(17)6-16-11)7-2-3-9(14)10(15)4-7/h2-4,8,11-12,16-17H,5-6H2,1H3/t8-,11?,12-/m1/s1. The van der Waals surface area contributed by atoms with Gasteiger partial charge >= 0.3 is 5.97 Å². The summed E-state index contributed by atoms with van der Waals surface area (Å²) < 4.78 is 4.85. The highest BCUT2D eigenvalue weighted by Gasteiger charge is 2.36. The van der Waals surface area contributed by atoms with Crippen molar-refractivity contribution >= 4 is 29.2 Å². The normalized spacial score (nSPS) is 24.2. The summed E-state index contributed by atoms with van der Waals surface area (Å²) in [5.74, 6) is -0.859. The maximum absolute atomic E-state index is 12.0. The van der Waals surface area contributed by atoms with E-state index in [0.717, 1.165) is 5.56 Å². The molecule has 104 valence electrons. The number of rotatable bonds is 3. The van der Waals surface area contributed by atoms with E-state index >= 15 is 0 Å². The van der Waals surface area contributed by atoms with Crippen LogP contribution in [0.3, 0.4) is 0 Å². The fourth-order valence-corrected chi connectivity index (χ4v) is 2.67. The monoisotopic (exact) mass is 303 g/mol. The number of benzene rings is 1. The van der Waals surface area contributed by atoms with E-state index in [1.54, 1.807) is 18.2 Å². The van der Waals surface area contributed by atoms with Crippen LogP contribution >= 0.6 is 23.2 Å². The SMILES string of the molecule is COC(=O)[C@H](c1ccc(Cl)c(Cl)c1)C1C[C@@H](O)CN1. The third kappa shape index (κ3) is 3.20. The van der Waals surface area contributed by atoms with E-state index in [1.165, 1.54) is 7.11 Å². The summed E-state index contributed by atoms with van der Waals surface area (Å²) >= 11 is 11.9. The van der Waals surface area contributed by atoms with Gasteiger partial charge in [0.2, 0.25) is 0 Å². The van der Waals surface area contributed by atoms with E-state index in [1.807, 2.05) is 0 Å². The summed E-state index contributed by atoms with van der Waals surface area (Å²) in [6.45, 7) is 0.472. The quantitative estimate of drug-likeness (QED) is 0.838. The highest BCUT2D eigenvalue weighted by Crippen LogP contribution is 2.31. The van der Waals surface area contributed by atoms with Gasteiger partial charge < -0.3 is 15.2 Å². The van der Waals surface area contributed by atoms with Crippen LogP contribution in [0.2, 0.25) is 10.0 Å². The molecule has 0 radical (unpaired) electrons. The molecule has 1 aromatic rings. The molecule has 2 N–H and O–H groups in total. The Hall–Kier alpha value is -0.810. The number of nitrogens with one attached hydrogen (secondary N) is 1. The molecule has 2 rings (SSSR count). The molecule has 3 atom stereocenters. The first-order valence-corrected chi connectivity index (χ1v) is 6.72. The molecule has 0 saturated carbocycles. The number of hydrogen-bond acceptors (Lipinski definition) is 4. The molecule has 0 aliphatic carbocycles. The molecule has 1 aromatic carbocycles. The van der Waals surface area contributed by atoms with Crippen LogP contribution in [-0.2, 0) is 9.53 Å². The zero-order chi connectivity index (χ0) is 14.0. The number of aliphatic hydroxyl groups excluding tert-OH is 1. The van der Waals surface area contributed by atoms with Gasteiger partial charge in [0.1, 0.15) is 0 Å². The Kier molecular flexibility index (Phi) is 4.68. The largest absolute Gasteiger partial charge is 0.469 e. The Balaban J connectivity index is 2.31. The van der Waals surface area contributed by atoms with Crippen molar-refractivity contribution in [2.24, 2.45) is 0 Å². The second kappa shape index (κ2) is 6.09. The van der Waals surface area contributed by atoms with Gasteiger partial charge in [0.15, 0.2) is 0 Å². The third-order valence-electron chi connectivity index (χ3n) is 3.30. The number of methoxy groups -OCH3 is 1. The number of aliphatic hydroxyl groups is 1. The summed E-state index contributed by atoms with van der Waals surface area (Å²) in [5.41, 5.74) is 0.729. The number of carbonyl (C=O) groups excluding carboxylic acids is 1. The van der Waals surface area contributed by atoms with Crippen molar-refractivity contribution in [1.29, 1.82) is 0 Å². The molecule has 1 fully saturated rings. The van der Waals surface area contributed by atoms with Crippen molar-refractivity contribution in [2.75, 3.05) is 13.7 Å². The Morgan fingerprint density at radius 3 is 2.74 bits per heavy atom. The zero-order valence-electron chi connectivity index (χ0n) is 10.4. The minimum Gasteiger partial charge on any atom is -0.469 e. The molecule has 0 bridgehead atoms. The first kappa shape index (κ1) is 14.6. The molecule has 1 heterocycles. The van der Waals surface area contributed by atoms with E-state index in [0.29, 0.717) is 23.0 Å². The van der Waals surface area contributed by atoms with Gasteiger partial charge in [-0.25, -0.2) is 0 Å². The predicted octanol–water partition coefficient (Wildman–Crippen LogP) is 1.97. The lowest BCUT2D eigenvalue weighted by Crippen LogP contribution is -2.34. The Morgan fingerprint density at radius 2 is 2.21 bits per heavy atom. The molecule has 1 unspecified atom stereocenters. The summed E-state index contributed by atoms with van der Waals surface area (Å²) in [6.07, 6.45) is 0.0555. The van der Waals surface area contributed by atoms with Crippen LogP contribution in [0.25, 0.3) is 0 Å². The number of esters is 1. The van der Waals surface area contributed by atoms with Crippen molar-refractivity contribution in [1.82, 2.24) is 5.32 Å². The van der Waals surface area contributed by atoms with E-state index in [4.69, 9.17) is 27.9 Å². The summed E-state index contributed by atoms with van der Waals surface area (Å²) in [5, 5.41) is 13.5. The van der Waals surface area contributed by atoms with E-state index in [9.17, 15) is 9.90 Å². The van der Waals surface area contributed by atoms with Gasteiger partial charge in [-0.05, 0) is 24.1 Å². The Labute approximate surface area is 121 Å². The highest BCUT2D eigenvalue weighted by molar-refractivity contribution is 6.42. The van der Waals surface area contributed by atoms with Gasteiger partial charge in [0.25, 0.3) is 0 Å². The third-order valence-corrected chi connectivity index (χ3v) is 4.04. The van der Waals surface area contributed by atoms with Crippen molar-refractivity contribution < 1.29 is 14.6 Å². The van der Waals surface area contributed by atoms with Crippen molar-refractivity contribution in [3.8, 4) is 0 Å². The van der Waals surface area contributed by atoms with Gasteiger partial charge in [-0.2, -0.15) is 0 Å². The van der Waals surface area contributed by atoms with Gasteiger partial charge in [-0.15, -0.1) is 0 Å². The van der Waals surface area contributed by atoms with Gasteiger partial charge in [-0.3, -0.25) is 4.79 Å². The molecule has 0 aromatic heterocycles. The van der Waals surface area contributed by atoms with Gasteiger partial charge in [0.05, 0.1) is 29.2 Å². The summed E-state index contributed by atoms with van der Waals surface area (Å²) in [6, 6.07) is 4.90. The Morgan fingerprint density at radius 1 is 1.47 bits per heavy atom. The maximum Gasteiger partial charge on any atom is 0.314 e. The summed E-state index contributed by atoms with van der Waals surface area (Å²) in [4.78, 5) is 12.0. The smallest absolute Gasteiger partial charge is 0.314 e. The second-order valence-corrected chi connectivity index (χ2v) is 5.39. The first-order chi connectivity index (χ1) is 9.02. The molecule has 1 aliphatic heterocycles. The van der Waals surface area contributed by atoms with Crippen molar-refractivity contribution in [3.05, 3.63) is 33.8 Å². The maximum atomic E-state index is 12.0. The molecule has 19 heavy (non-hydrogen) atoms. The minimum absolute atomic E-state index is 0.167. The van der Waals surface area contributed by atoms with Crippen LogP contribution in [0.15, 0.2) is 18.2 Å². The van der Waals surface area contributed by atoms with Gasteiger partial charge in [0, 0.05) is 12.6 Å². The van der Waals surface area contributed by atoms with Crippen LogP contribution in [-0.4, -0.2) is 36.9 Å². The average molecular weight is 304 g/mol. The molecule has 4 nitrogen and oxygen atoms in total. The lowest BCUT2D eigenvalue weighted by molar-refractivity contribution is -0.143. The molecule has 0 amide bonds. The highest BCUT2D eigenvalue weighted by atomic mass is 35.5. The van der Waals surface area contributed by atoms with Crippen LogP contribution in [0.4, 0.5) is 0 Å². The van der Waals surface area contributed by atoms with Gasteiger partial charge in [-0.1, -0.05) is 29.3 Å². The molecular weight excluding hydrogens is 289 g/mol. The molecule has 6 heteroatoms. The molecule has 1 saturated heterocycles.